The predicted molar refractivity (Wildman–Crippen MR) is 48.8 cm³/mol. The molecule has 2 aromatic rings. The Balaban J connectivity index is 2.11. The highest BCUT2D eigenvalue weighted by molar-refractivity contribution is 4.97. The third kappa shape index (κ3) is 2.18. The summed E-state index contributed by atoms with van der Waals surface area (Å²) in [6.07, 6.45) is 1.03. The van der Waals surface area contributed by atoms with Gasteiger partial charge in [0.25, 0.3) is 0 Å². The van der Waals surface area contributed by atoms with Crippen molar-refractivity contribution < 1.29 is 9.63 Å². The fourth-order valence-corrected chi connectivity index (χ4v) is 1.13. The summed E-state index contributed by atoms with van der Waals surface area (Å²) in [5, 5.41) is 20.6. The van der Waals surface area contributed by atoms with Crippen LogP contribution in [0.25, 0.3) is 0 Å². The molecule has 0 aromatic carbocycles. The molecule has 2 rings (SSSR count). The van der Waals surface area contributed by atoms with Crippen LogP contribution in [0.15, 0.2) is 10.7 Å². The molecule has 80 valence electrons. The second-order valence-electron chi connectivity index (χ2n) is 3.25. The van der Waals surface area contributed by atoms with E-state index in [1.807, 2.05) is 0 Å². The molecule has 0 spiro atoms. The highest BCUT2D eigenvalue weighted by atomic mass is 16.5. The Morgan fingerprint density at radius 2 is 2.40 bits per heavy atom. The molecular weight excluding hydrogens is 198 g/mol. The Hall–Kier alpha value is -1.76. The molecule has 2 heterocycles. The van der Waals surface area contributed by atoms with Gasteiger partial charge in [-0.05, 0) is 6.92 Å². The first-order valence-electron chi connectivity index (χ1n) is 4.52. The highest BCUT2D eigenvalue weighted by Crippen LogP contribution is 2.07. The zero-order chi connectivity index (χ0) is 10.8. The van der Waals surface area contributed by atoms with Gasteiger partial charge in [0, 0.05) is 6.92 Å². The Morgan fingerprint density at radius 3 is 2.93 bits per heavy atom. The highest BCUT2D eigenvalue weighted by Gasteiger charge is 2.08. The number of aliphatic hydroxyl groups is 1. The van der Waals surface area contributed by atoms with E-state index in [0.29, 0.717) is 24.0 Å². The van der Waals surface area contributed by atoms with Crippen LogP contribution in [0.3, 0.4) is 0 Å². The molecule has 0 amide bonds. The smallest absolute Gasteiger partial charge is 0.223 e. The van der Waals surface area contributed by atoms with Gasteiger partial charge < -0.3 is 9.63 Å². The number of nitrogens with zero attached hydrogens (tertiary/aromatic N) is 5. The zero-order valence-corrected chi connectivity index (χ0v) is 8.45. The van der Waals surface area contributed by atoms with Crippen molar-refractivity contribution in [2.24, 2.45) is 0 Å². The predicted octanol–water partition coefficient (Wildman–Crippen LogP) is 0.0711. The van der Waals surface area contributed by atoms with Crippen LogP contribution >= 0.6 is 0 Å². The first-order chi connectivity index (χ1) is 7.15. The largest absolute Gasteiger partial charge is 0.387 e. The van der Waals surface area contributed by atoms with E-state index in [-0.39, 0.29) is 0 Å². The Kier molecular flexibility index (Phi) is 2.46. The number of aliphatic hydroxyl groups excluding tert-OH is 1. The molecule has 0 aliphatic heterocycles. The Labute approximate surface area is 85.7 Å². The van der Waals surface area contributed by atoms with Crippen LogP contribution in [0.5, 0.6) is 0 Å². The summed E-state index contributed by atoms with van der Waals surface area (Å²) in [4.78, 5) is 4.03. The van der Waals surface area contributed by atoms with Crippen molar-refractivity contribution in [1.29, 1.82) is 0 Å². The Morgan fingerprint density at radius 1 is 1.60 bits per heavy atom. The number of rotatable bonds is 3. The topological polar surface area (TPSA) is 89.9 Å². The molecule has 0 aliphatic rings. The molecule has 7 nitrogen and oxygen atoms in total. The third-order valence-corrected chi connectivity index (χ3v) is 1.86. The van der Waals surface area contributed by atoms with Crippen LogP contribution in [0, 0.1) is 6.92 Å². The van der Waals surface area contributed by atoms with Gasteiger partial charge in [-0.2, -0.15) is 4.98 Å². The lowest BCUT2D eigenvalue weighted by molar-refractivity contribution is 0.194. The van der Waals surface area contributed by atoms with E-state index >= 15 is 0 Å². The number of aromatic nitrogens is 5. The van der Waals surface area contributed by atoms with Crippen molar-refractivity contribution in [1.82, 2.24) is 25.1 Å². The summed E-state index contributed by atoms with van der Waals surface area (Å²) in [7, 11) is 0. The van der Waals surface area contributed by atoms with Gasteiger partial charge in [0.2, 0.25) is 5.89 Å². The van der Waals surface area contributed by atoms with E-state index in [4.69, 9.17) is 4.52 Å². The fraction of sp³-hybridized carbons (Fsp3) is 0.500. The summed E-state index contributed by atoms with van der Waals surface area (Å²) in [6.45, 7) is 3.74. The number of aryl methyl sites for hydroxylation is 1. The molecule has 0 aliphatic carbocycles. The molecule has 0 fully saturated rings. The maximum atomic E-state index is 9.24. The van der Waals surface area contributed by atoms with Crippen molar-refractivity contribution in [3.8, 4) is 0 Å². The SMILES string of the molecule is Cc1nc(Cn2cc(C(C)O)nn2)no1. The van der Waals surface area contributed by atoms with Crippen molar-refractivity contribution >= 4 is 0 Å². The lowest BCUT2D eigenvalue weighted by Gasteiger charge is -1.95. The van der Waals surface area contributed by atoms with Crippen LogP contribution in [0.2, 0.25) is 0 Å². The van der Waals surface area contributed by atoms with Crippen LogP contribution in [-0.4, -0.2) is 30.2 Å². The molecule has 0 radical (unpaired) electrons. The summed E-state index contributed by atoms with van der Waals surface area (Å²) >= 11 is 0. The van der Waals surface area contributed by atoms with Gasteiger partial charge in [0.15, 0.2) is 5.82 Å². The summed E-state index contributed by atoms with van der Waals surface area (Å²) in [5.41, 5.74) is 0.523. The van der Waals surface area contributed by atoms with Gasteiger partial charge in [-0.25, -0.2) is 4.68 Å². The average molecular weight is 209 g/mol. The first kappa shape index (κ1) is 9.78. The monoisotopic (exact) mass is 209 g/mol. The minimum Gasteiger partial charge on any atom is -0.387 e. The van der Waals surface area contributed by atoms with E-state index in [9.17, 15) is 5.11 Å². The number of hydrogen-bond acceptors (Lipinski definition) is 6. The normalized spacial score (nSPS) is 13.0. The fourth-order valence-electron chi connectivity index (χ4n) is 1.13. The summed E-state index contributed by atoms with van der Waals surface area (Å²) in [6, 6.07) is 0. The van der Waals surface area contributed by atoms with Crippen molar-refractivity contribution in [2.75, 3.05) is 0 Å². The van der Waals surface area contributed by atoms with E-state index in [1.165, 1.54) is 0 Å². The quantitative estimate of drug-likeness (QED) is 0.769. The van der Waals surface area contributed by atoms with Crippen LogP contribution in [0.4, 0.5) is 0 Å². The average Bonchev–Trinajstić information content (AvgIpc) is 2.76. The molecule has 15 heavy (non-hydrogen) atoms. The minimum atomic E-state index is -0.620. The molecule has 0 saturated heterocycles. The van der Waals surface area contributed by atoms with Crippen molar-refractivity contribution in [3.05, 3.63) is 23.6 Å². The van der Waals surface area contributed by atoms with Crippen LogP contribution in [-0.2, 0) is 6.54 Å². The minimum absolute atomic E-state index is 0.386. The maximum Gasteiger partial charge on any atom is 0.223 e. The third-order valence-electron chi connectivity index (χ3n) is 1.86. The second kappa shape index (κ2) is 3.77. The maximum absolute atomic E-state index is 9.24. The number of hydrogen-bond donors (Lipinski definition) is 1. The molecule has 0 bridgehead atoms. The first-order valence-corrected chi connectivity index (χ1v) is 4.52. The second-order valence-corrected chi connectivity index (χ2v) is 3.25. The van der Waals surface area contributed by atoms with Crippen molar-refractivity contribution in [2.45, 2.75) is 26.5 Å². The van der Waals surface area contributed by atoms with Gasteiger partial charge >= 0.3 is 0 Å². The molecule has 2 aromatic heterocycles. The van der Waals surface area contributed by atoms with Crippen LogP contribution < -0.4 is 0 Å². The van der Waals surface area contributed by atoms with Gasteiger partial charge in [-0.15, -0.1) is 5.10 Å². The standard InChI is InChI=1S/C8H11N5O2/c1-5(14)7-3-13(12-10-7)4-8-9-6(2)15-11-8/h3,5,14H,4H2,1-2H3. The molecule has 1 unspecified atom stereocenters. The van der Waals surface area contributed by atoms with Crippen LogP contribution in [0.1, 0.15) is 30.4 Å². The van der Waals surface area contributed by atoms with Gasteiger partial charge in [0.05, 0.1) is 12.3 Å². The van der Waals surface area contributed by atoms with Crippen molar-refractivity contribution in [3.63, 3.8) is 0 Å². The lowest BCUT2D eigenvalue weighted by atomic mass is 10.3. The Bertz CT molecular complexity index is 447. The molecular formula is C8H11N5O2. The van der Waals surface area contributed by atoms with Gasteiger partial charge in [-0.1, -0.05) is 10.4 Å². The molecule has 0 saturated carbocycles. The van der Waals surface area contributed by atoms with E-state index in [0.717, 1.165) is 0 Å². The zero-order valence-electron chi connectivity index (χ0n) is 8.45. The molecule has 1 N–H and O–H groups in total. The van der Waals surface area contributed by atoms with E-state index in [2.05, 4.69) is 20.5 Å². The summed E-state index contributed by atoms with van der Waals surface area (Å²) < 4.78 is 6.37. The molecule has 7 heteroatoms. The molecule has 1 atom stereocenters. The van der Waals surface area contributed by atoms with E-state index < -0.39 is 6.10 Å². The van der Waals surface area contributed by atoms with E-state index in [1.54, 1.807) is 24.7 Å². The van der Waals surface area contributed by atoms with Gasteiger partial charge in [0.1, 0.15) is 12.2 Å². The van der Waals surface area contributed by atoms with Gasteiger partial charge in [-0.3, -0.25) is 0 Å². The lowest BCUT2D eigenvalue weighted by Crippen LogP contribution is -2.02. The summed E-state index contributed by atoms with van der Waals surface area (Å²) in [5.74, 6) is 1.05.